The quantitative estimate of drug-likeness (QED) is 0.269. The van der Waals surface area contributed by atoms with E-state index in [1.807, 2.05) is 47.2 Å². The van der Waals surface area contributed by atoms with Gasteiger partial charge in [-0.3, -0.25) is 24.3 Å². The van der Waals surface area contributed by atoms with Crippen LogP contribution in [0, 0.1) is 5.41 Å². The first-order valence-electron chi connectivity index (χ1n) is 16.8. The highest BCUT2D eigenvalue weighted by Crippen LogP contribution is 2.43. The lowest BCUT2D eigenvalue weighted by Crippen LogP contribution is -2.43. The third-order valence-corrected chi connectivity index (χ3v) is 11.5. The number of fused-ring (bicyclic) bond motifs is 1. The minimum absolute atomic E-state index is 0.0960. The molecule has 1 spiro atoms. The summed E-state index contributed by atoms with van der Waals surface area (Å²) in [6.07, 6.45) is 7.28. The summed E-state index contributed by atoms with van der Waals surface area (Å²) >= 11 is 0. The molecule has 256 valence electrons. The van der Waals surface area contributed by atoms with Gasteiger partial charge in [-0.15, -0.1) is 0 Å². The minimum Gasteiger partial charge on any atom is -0.338 e. The zero-order chi connectivity index (χ0) is 34.6. The highest BCUT2D eigenvalue weighted by atomic mass is 32.2. The van der Waals surface area contributed by atoms with Crippen LogP contribution in [0.2, 0.25) is 0 Å². The lowest BCUT2D eigenvalue weighted by molar-refractivity contribution is -0.132. The summed E-state index contributed by atoms with van der Waals surface area (Å²) in [5, 5.41) is 12.8. The molecule has 0 aliphatic carbocycles. The average molecular weight is 691 g/mol. The van der Waals surface area contributed by atoms with Crippen molar-refractivity contribution in [2.24, 2.45) is 12.5 Å². The van der Waals surface area contributed by atoms with Gasteiger partial charge >= 0.3 is 0 Å². The van der Waals surface area contributed by atoms with Crippen LogP contribution in [0.25, 0.3) is 39.1 Å². The van der Waals surface area contributed by atoms with E-state index in [9.17, 15) is 18.0 Å². The Morgan fingerprint density at radius 1 is 0.940 bits per heavy atom. The molecule has 13 heteroatoms. The number of carbonyl (C=O) groups is 2. The van der Waals surface area contributed by atoms with E-state index in [4.69, 9.17) is 0 Å². The van der Waals surface area contributed by atoms with Crippen molar-refractivity contribution in [2.45, 2.75) is 24.2 Å². The molecule has 5 aromatic rings. The Morgan fingerprint density at radius 2 is 1.68 bits per heavy atom. The fourth-order valence-electron chi connectivity index (χ4n) is 7.54. The second kappa shape index (κ2) is 12.3. The number of rotatable bonds is 7. The third-order valence-electron chi connectivity index (χ3n) is 10.4. The molecule has 1 unspecified atom stereocenters. The normalized spacial score (nSPS) is 20.0. The molecule has 3 aliphatic rings. The van der Waals surface area contributed by atoms with Gasteiger partial charge in [-0.2, -0.15) is 10.2 Å². The van der Waals surface area contributed by atoms with Gasteiger partial charge < -0.3 is 9.80 Å². The second-order valence-electron chi connectivity index (χ2n) is 13.7. The van der Waals surface area contributed by atoms with E-state index < -0.39 is 15.3 Å². The Bertz CT molecular complexity index is 2260. The molecule has 2 aromatic heterocycles. The van der Waals surface area contributed by atoms with Gasteiger partial charge in [-0.25, -0.2) is 13.4 Å². The molecule has 5 heterocycles. The first-order valence-corrected chi connectivity index (χ1v) is 18.7. The lowest BCUT2D eigenvalue weighted by atomic mass is 9.85. The number of benzene rings is 3. The van der Waals surface area contributed by atoms with E-state index in [1.165, 1.54) is 11.8 Å². The van der Waals surface area contributed by atoms with E-state index in [2.05, 4.69) is 43.4 Å². The first kappa shape index (κ1) is 32.1. The van der Waals surface area contributed by atoms with Gasteiger partial charge in [0.25, 0.3) is 0 Å². The maximum Gasteiger partial charge on any atom is 0.237 e. The van der Waals surface area contributed by atoms with Crippen molar-refractivity contribution < 1.29 is 18.0 Å². The van der Waals surface area contributed by atoms with Gasteiger partial charge in [0.1, 0.15) is 6.33 Å². The average Bonchev–Trinajstić information content (AvgIpc) is 3.92. The number of anilines is 1. The summed E-state index contributed by atoms with van der Waals surface area (Å²) in [7, 11) is -1.45. The van der Waals surface area contributed by atoms with E-state index in [0.717, 1.165) is 52.5 Å². The Labute approximate surface area is 290 Å². The number of nitrogens with zero attached hydrogens (tertiary/aromatic N) is 7. The zero-order valence-corrected chi connectivity index (χ0v) is 28.9. The zero-order valence-electron chi connectivity index (χ0n) is 28.0. The smallest absolute Gasteiger partial charge is 0.237 e. The maximum atomic E-state index is 14.0. The van der Waals surface area contributed by atoms with Crippen molar-refractivity contribution in [3.63, 3.8) is 0 Å². The molecule has 0 bridgehead atoms. The molecule has 2 fully saturated rings. The molecule has 8 rings (SSSR count). The van der Waals surface area contributed by atoms with E-state index in [1.54, 1.807) is 35.3 Å². The third kappa shape index (κ3) is 5.90. The number of carbonyl (C=O) groups excluding carboxylic acids is 2. The van der Waals surface area contributed by atoms with Crippen LogP contribution in [0.3, 0.4) is 0 Å². The largest absolute Gasteiger partial charge is 0.338 e. The molecule has 3 aliphatic heterocycles. The highest BCUT2D eigenvalue weighted by Gasteiger charge is 2.51. The van der Waals surface area contributed by atoms with Gasteiger partial charge in [0.15, 0.2) is 15.7 Å². The van der Waals surface area contributed by atoms with Crippen LogP contribution in [0.4, 0.5) is 5.69 Å². The number of hydrogen-bond acceptors (Lipinski definition) is 8. The summed E-state index contributed by atoms with van der Waals surface area (Å²) in [4.78, 5) is 37.9. The Kier molecular flexibility index (Phi) is 7.91. The Balaban J connectivity index is 0.898. The highest BCUT2D eigenvalue weighted by molar-refractivity contribution is 7.90. The van der Waals surface area contributed by atoms with Gasteiger partial charge in [0, 0.05) is 61.7 Å². The molecule has 1 N–H and O–H groups in total. The van der Waals surface area contributed by atoms with Crippen LogP contribution in [0.1, 0.15) is 24.8 Å². The van der Waals surface area contributed by atoms with E-state index >= 15 is 0 Å². The molecule has 1 atom stereocenters. The molecule has 12 nitrogen and oxygen atoms in total. The predicted molar refractivity (Wildman–Crippen MR) is 191 cm³/mol. The van der Waals surface area contributed by atoms with Crippen molar-refractivity contribution in [1.82, 2.24) is 34.8 Å². The molecule has 3 aromatic carbocycles. The predicted octanol–water partition coefficient (Wildman–Crippen LogP) is 4.17. The summed E-state index contributed by atoms with van der Waals surface area (Å²) < 4.78 is 25.5. The number of aromatic amines is 1. The molecule has 0 saturated carbocycles. The molecule has 0 radical (unpaired) electrons. The van der Waals surface area contributed by atoms with E-state index in [-0.39, 0.29) is 16.7 Å². The van der Waals surface area contributed by atoms with Gasteiger partial charge in [0.05, 0.1) is 28.1 Å². The second-order valence-corrected chi connectivity index (χ2v) is 15.7. The van der Waals surface area contributed by atoms with Crippen LogP contribution < -0.4 is 4.90 Å². The number of likely N-dealkylation sites (tertiary alicyclic amines) is 1. The summed E-state index contributed by atoms with van der Waals surface area (Å²) in [6.45, 7) is 3.45. The minimum atomic E-state index is -3.30. The number of amides is 2. The maximum absolute atomic E-state index is 14.0. The SMILES string of the molecule is Cn1cnc(-c2ccc(C3=CCN(C(=O)CN4CCC5(CCN(c6ccc7[nH]nc(-c8ccc(S(C)(=O)=O)cc8)c7c6)C5=O)C4)CC3)cc2)n1. The Hall–Kier alpha value is -5.14. The van der Waals surface area contributed by atoms with Crippen molar-refractivity contribution in [1.29, 1.82) is 0 Å². The Morgan fingerprint density at radius 3 is 2.38 bits per heavy atom. The molecule has 50 heavy (non-hydrogen) atoms. The van der Waals surface area contributed by atoms with Gasteiger partial charge in [-0.05, 0) is 67.3 Å². The fourth-order valence-corrected chi connectivity index (χ4v) is 8.17. The number of aromatic nitrogens is 5. The van der Waals surface area contributed by atoms with Crippen molar-refractivity contribution in [3.8, 4) is 22.6 Å². The van der Waals surface area contributed by atoms with Crippen molar-refractivity contribution in [2.75, 3.05) is 50.4 Å². The van der Waals surface area contributed by atoms with Crippen molar-refractivity contribution >= 4 is 43.8 Å². The summed E-state index contributed by atoms with van der Waals surface area (Å²) in [5.41, 5.74) is 5.98. The van der Waals surface area contributed by atoms with Gasteiger partial charge in [0.2, 0.25) is 11.8 Å². The van der Waals surface area contributed by atoms with Crippen molar-refractivity contribution in [3.05, 3.63) is 84.7 Å². The van der Waals surface area contributed by atoms with Crippen LogP contribution >= 0.6 is 0 Å². The number of nitrogens with one attached hydrogen (secondary N) is 1. The number of aryl methyl sites for hydroxylation is 1. The summed E-state index contributed by atoms with van der Waals surface area (Å²) in [5.74, 6) is 0.898. The topological polar surface area (TPSA) is 137 Å². The monoisotopic (exact) mass is 690 g/mol. The summed E-state index contributed by atoms with van der Waals surface area (Å²) in [6, 6.07) is 20.8. The molecule has 2 saturated heterocycles. The molecular weight excluding hydrogens is 653 g/mol. The lowest BCUT2D eigenvalue weighted by Gasteiger charge is -2.29. The van der Waals surface area contributed by atoms with Crippen LogP contribution in [0.5, 0.6) is 0 Å². The van der Waals surface area contributed by atoms with Gasteiger partial charge in [-0.1, -0.05) is 42.5 Å². The van der Waals surface area contributed by atoms with Crippen LogP contribution in [-0.2, 0) is 26.5 Å². The van der Waals surface area contributed by atoms with E-state index in [0.29, 0.717) is 50.8 Å². The first-order chi connectivity index (χ1) is 24.1. The molecule has 2 amide bonds. The number of hydrogen-bond donors (Lipinski definition) is 1. The number of H-pyrrole nitrogens is 1. The molecular formula is C37H38N8O4S. The fraction of sp³-hybridized carbons (Fsp3) is 0.324. The number of sulfone groups is 1. The van der Waals surface area contributed by atoms with Crippen LogP contribution in [0.15, 0.2) is 84.0 Å². The standard InChI is InChI=1S/C37H38N8O4S/c1-42-24-38-35(41-42)28-5-3-25(4-6-28)26-13-17-44(18-14-26)33(46)22-43-19-15-37(23-43)16-20-45(36(37)47)29-9-12-32-31(21-29)34(40-39-32)27-7-10-30(11-8-27)50(2,48)49/h3-13,21,24H,14-20,22-23H2,1-2H3,(H,39,40). The van der Waals surface area contributed by atoms with Crippen LogP contribution in [-0.4, -0.2) is 101 Å².